The van der Waals surface area contributed by atoms with E-state index in [-0.39, 0.29) is 28.7 Å². The van der Waals surface area contributed by atoms with Crippen molar-refractivity contribution in [1.82, 2.24) is 0 Å². The molecule has 0 spiro atoms. The number of ether oxygens (including phenoxy) is 3. The zero-order chi connectivity index (χ0) is 25.4. The maximum Gasteiger partial charge on any atom is 0.343 e. The highest BCUT2D eigenvalue weighted by atomic mass is 127. The molecule has 3 aromatic rings. The van der Waals surface area contributed by atoms with Crippen LogP contribution in [-0.4, -0.2) is 25.6 Å². The van der Waals surface area contributed by atoms with E-state index in [0.29, 0.717) is 22.6 Å². The van der Waals surface area contributed by atoms with Gasteiger partial charge < -0.3 is 19.5 Å². The standard InChI is InChI=1S/C26H20ClIN2O5/c1-3-34-23-14-16(12-18(15-29)25(31)30-20-8-6-19(28)7-9-20)13-22(27)24(23)35-26(32)17-4-10-21(33-2)11-5-17/h4-14H,3H2,1-2H3,(H,30,31)/b18-12+. The third-order valence-corrected chi connectivity index (χ3v) is 5.63. The lowest BCUT2D eigenvalue weighted by Crippen LogP contribution is -2.13. The number of carbonyl (C=O) groups is 2. The molecule has 0 radical (unpaired) electrons. The maximum atomic E-state index is 12.6. The van der Waals surface area contributed by atoms with Crippen molar-refractivity contribution in [3.05, 3.63) is 86.0 Å². The summed E-state index contributed by atoms with van der Waals surface area (Å²) >= 11 is 8.57. The van der Waals surface area contributed by atoms with Gasteiger partial charge in [-0.2, -0.15) is 5.26 Å². The van der Waals surface area contributed by atoms with Crippen LogP contribution in [0.2, 0.25) is 5.02 Å². The molecule has 0 bridgehead atoms. The lowest BCUT2D eigenvalue weighted by Gasteiger charge is -2.14. The van der Waals surface area contributed by atoms with E-state index in [0.717, 1.165) is 3.57 Å². The van der Waals surface area contributed by atoms with Crippen molar-refractivity contribution in [1.29, 1.82) is 5.26 Å². The fraction of sp³-hybridized carbons (Fsp3) is 0.115. The summed E-state index contributed by atoms with van der Waals surface area (Å²) in [5.74, 6) is -0.368. The first-order valence-corrected chi connectivity index (χ1v) is 11.8. The van der Waals surface area contributed by atoms with Crippen LogP contribution in [0.4, 0.5) is 5.69 Å². The van der Waals surface area contributed by atoms with Crippen LogP contribution in [0.15, 0.2) is 66.2 Å². The van der Waals surface area contributed by atoms with E-state index in [9.17, 15) is 14.9 Å². The van der Waals surface area contributed by atoms with Gasteiger partial charge in [-0.1, -0.05) is 11.6 Å². The molecule has 0 aliphatic rings. The van der Waals surface area contributed by atoms with E-state index in [4.69, 9.17) is 25.8 Å². The zero-order valence-corrected chi connectivity index (χ0v) is 21.7. The molecule has 0 saturated carbocycles. The minimum atomic E-state index is -0.631. The number of esters is 1. The number of halogens is 2. The zero-order valence-electron chi connectivity index (χ0n) is 18.8. The number of anilines is 1. The highest BCUT2D eigenvalue weighted by molar-refractivity contribution is 14.1. The summed E-state index contributed by atoms with van der Waals surface area (Å²) in [5, 5.41) is 12.3. The van der Waals surface area contributed by atoms with E-state index in [1.165, 1.54) is 19.3 Å². The Morgan fingerprint density at radius 2 is 1.80 bits per heavy atom. The molecule has 0 aromatic heterocycles. The quantitative estimate of drug-likeness (QED) is 0.110. The number of benzene rings is 3. The molecule has 35 heavy (non-hydrogen) atoms. The van der Waals surface area contributed by atoms with Crippen molar-refractivity contribution in [2.75, 3.05) is 19.0 Å². The Labute approximate surface area is 221 Å². The molecule has 0 aliphatic heterocycles. The third kappa shape index (κ3) is 6.97. The van der Waals surface area contributed by atoms with E-state index >= 15 is 0 Å². The molecule has 0 atom stereocenters. The molecule has 0 saturated heterocycles. The summed E-state index contributed by atoms with van der Waals surface area (Å²) < 4.78 is 17.2. The van der Waals surface area contributed by atoms with Crippen LogP contribution in [0.1, 0.15) is 22.8 Å². The molecule has 0 heterocycles. The van der Waals surface area contributed by atoms with E-state index < -0.39 is 11.9 Å². The van der Waals surface area contributed by atoms with Crippen molar-refractivity contribution in [2.45, 2.75) is 6.92 Å². The minimum absolute atomic E-state index is 0.0355. The minimum Gasteiger partial charge on any atom is -0.497 e. The molecule has 1 amide bonds. The number of methoxy groups -OCH3 is 1. The summed E-state index contributed by atoms with van der Waals surface area (Å²) in [4.78, 5) is 25.2. The fourth-order valence-electron chi connectivity index (χ4n) is 2.96. The van der Waals surface area contributed by atoms with Gasteiger partial charge in [-0.05, 0) is 102 Å². The first-order chi connectivity index (χ1) is 16.8. The Morgan fingerprint density at radius 1 is 1.11 bits per heavy atom. The first kappa shape index (κ1) is 26.1. The topological polar surface area (TPSA) is 97.6 Å². The van der Waals surface area contributed by atoms with Gasteiger partial charge in [-0.3, -0.25) is 4.79 Å². The highest BCUT2D eigenvalue weighted by Gasteiger charge is 2.18. The summed E-state index contributed by atoms with van der Waals surface area (Å²) in [7, 11) is 1.53. The van der Waals surface area contributed by atoms with Gasteiger partial charge in [0.2, 0.25) is 0 Å². The van der Waals surface area contributed by atoms with Gasteiger partial charge in [0.05, 0.1) is 24.3 Å². The van der Waals surface area contributed by atoms with Crippen molar-refractivity contribution >= 4 is 57.8 Å². The molecule has 178 valence electrons. The number of nitrogens with zero attached hydrogens (tertiary/aromatic N) is 1. The van der Waals surface area contributed by atoms with Gasteiger partial charge >= 0.3 is 5.97 Å². The molecule has 9 heteroatoms. The lowest BCUT2D eigenvalue weighted by atomic mass is 10.1. The second-order valence-corrected chi connectivity index (χ2v) is 8.66. The molecule has 7 nitrogen and oxygen atoms in total. The molecular weight excluding hydrogens is 583 g/mol. The Morgan fingerprint density at radius 3 is 2.40 bits per heavy atom. The summed E-state index contributed by atoms with van der Waals surface area (Å²) in [6.07, 6.45) is 1.38. The first-order valence-electron chi connectivity index (χ1n) is 10.4. The second-order valence-electron chi connectivity index (χ2n) is 7.01. The van der Waals surface area contributed by atoms with Crippen molar-refractivity contribution in [3.63, 3.8) is 0 Å². The number of nitriles is 1. The van der Waals surface area contributed by atoms with E-state index in [2.05, 4.69) is 27.9 Å². The number of amides is 1. The predicted octanol–water partition coefficient (Wildman–Crippen LogP) is 6.12. The van der Waals surface area contributed by atoms with Crippen LogP contribution >= 0.6 is 34.2 Å². The van der Waals surface area contributed by atoms with Crippen molar-refractivity contribution in [3.8, 4) is 23.3 Å². The van der Waals surface area contributed by atoms with Gasteiger partial charge in [-0.25, -0.2) is 4.79 Å². The Hall–Kier alpha value is -3.55. The number of hydrogen-bond donors (Lipinski definition) is 1. The van der Waals surface area contributed by atoms with Gasteiger partial charge in [0.15, 0.2) is 11.5 Å². The number of carbonyl (C=O) groups excluding carboxylic acids is 2. The molecule has 0 aliphatic carbocycles. The summed E-state index contributed by atoms with van der Waals surface area (Å²) in [5.41, 5.74) is 1.15. The molecule has 0 fully saturated rings. The Kier molecular flexibility index (Phi) is 9.11. The van der Waals surface area contributed by atoms with Crippen molar-refractivity contribution in [2.24, 2.45) is 0 Å². The summed E-state index contributed by atoms with van der Waals surface area (Å²) in [6.45, 7) is 2.04. The van der Waals surface area contributed by atoms with Crippen LogP contribution in [-0.2, 0) is 4.79 Å². The monoisotopic (exact) mass is 602 g/mol. The van der Waals surface area contributed by atoms with Crippen LogP contribution in [0.5, 0.6) is 17.2 Å². The fourth-order valence-corrected chi connectivity index (χ4v) is 3.58. The van der Waals surface area contributed by atoms with Gasteiger partial charge in [-0.15, -0.1) is 0 Å². The van der Waals surface area contributed by atoms with Gasteiger partial charge in [0, 0.05) is 9.26 Å². The highest BCUT2D eigenvalue weighted by Crippen LogP contribution is 2.38. The van der Waals surface area contributed by atoms with Crippen LogP contribution in [0.3, 0.4) is 0 Å². The lowest BCUT2D eigenvalue weighted by molar-refractivity contribution is -0.112. The molecule has 3 aromatic carbocycles. The molecular formula is C26H20ClIN2O5. The maximum absolute atomic E-state index is 12.6. The van der Waals surface area contributed by atoms with Crippen LogP contribution in [0.25, 0.3) is 6.08 Å². The van der Waals surface area contributed by atoms with Gasteiger partial charge in [0.25, 0.3) is 5.91 Å². The predicted molar refractivity (Wildman–Crippen MR) is 142 cm³/mol. The number of hydrogen-bond acceptors (Lipinski definition) is 6. The average molecular weight is 603 g/mol. The molecule has 1 N–H and O–H groups in total. The van der Waals surface area contributed by atoms with Crippen molar-refractivity contribution < 1.29 is 23.8 Å². The third-order valence-electron chi connectivity index (χ3n) is 4.63. The number of rotatable bonds is 8. The second kappa shape index (κ2) is 12.2. The van der Waals surface area contributed by atoms with Crippen LogP contribution in [0, 0.1) is 14.9 Å². The summed E-state index contributed by atoms with van der Waals surface area (Å²) in [6, 6.07) is 18.5. The molecule has 0 unspecified atom stereocenters. The number of nitrogens with one attached hydrogen (secondary N) is 1. The van der Waals surface area contributed by atoms with E-state index in [1.54, 1.807) is 49.4 Å². The Balaban J connectivity index is 1.86. The smallest absolute Gasteiger partial charge is 0.343 e. The average Bonchev–Trinajstić information content (AvgIpc) is 2.86. The van der Waals surface area contributed by atoms with Gasteiger partial charge in [0.1, 0.15) is 17.4 Å². The Bertz CT molecular complexity index is 1300. The SMILES string of the molecule is CCOc1cc(/C=C(\C#N)C(=O)Nc2ccc(I)cc2)cc(Cl)c1OC(=O)c1ccc(OC)cc1. The normalized spacial score (nSPS) is 10.8. The van der Waals surface area contributed by atoms with E-state index in [1.807, 2.05) is 18.2 Å². The van der Waals surface area contributed by atoms with Crippen LogP contribution < -0.4 is 19.5 Å². The largest absolute Gasteiger partial charge is 0.497 e. The molecule has 3 rings (SSSR count).